The molecule has 1 fully saturated rings. The fourth-order valence-corrected chi connectivity index (χ4v) is 3.11. The Labute approximate surface area is 140 Å². The third-order valence-electron chi connectivity index (χ3n) is 4.33. The summed E-state index contributed by atoms with van der Waals surface area (Å²) in [5, 5.41) is 2.17. The van der Waals surface area contributed by atoms with E-state index in [9.17, 15) is 4.79 Å². The Hall–Kier alpha value is -2.88. The van der Waals surface area contributed by atoms with Crippen molar-refractivity contribution in [1.29, 1.82) is 0 Å². The number of likely N-dealkylation sites (tertiary alicyclic amines) is 1. The number of rotatable bonds is 4. The van der Waals surface area contributed by atoms with Gasteiger partial charge in [0.15, 0.2) is 0 Å². The maximum absolute atomic E-state index is 12.3. The van der Waals surface area contributed by atoms with Crippen LogP contribution in [0.2, 0.25) is 0 Å². The number of hydrogen-bond donors (Lipinski definition) is 0. The predicted molar refractivity (Wildman–Crippen MR) is 92.5 cm³/mol. The number of carbonyl (C=O) groups is 1. The van der Waals surface area contributed by atoms with Gasteiger partial charge in [0.25, 0.3) is 0 Å². The highest BCUT2D eigenvalue weighted by molar-refractivity contribution is 5.83. The van der Waals surface area contributed by atoms with Gasteiger partial charge in [0, 0.05) is 36.3 Å². The number of aromatic nitrogens is 1. The van der Waals surface area contributed by atoms with Gasteiger partial charge in [-0.15, -0.1) is 0 Å². The lowest BCUT2D eigenvalue weighted by Gasteiger charge is -2.29. The van der Waals surface area contributed by atoms with Gasteiger partial charge in [-0.25, -0.2) is 0 Å². The first kappa shape index (κ1) is 14.7. The Bertz CT molecular complexity index is 864. The Morgan fingerprint density at radius 3 is 2.71 bits per heavy atom. The minimum Gasteiger partial charge on any atom is -0.466 e. The second-order valence-corrected chi connectivity index (χ2v) is 5.96. The molecular formula is C20H18N2O2. The summed E-state index contributed by atoms with van der Waals surface area (Å²) >= 11 is 0. The summed E-state index contributed by atoms with van der Waals surface area (Å²) in [5.41, 5.74) is 0.967. The van der Waals surface area contributed by atoms with Crippen molar-refractivity contribution in [3.8, 4) is 5.75 Å². The molecule has 1 unspecified atom stereocenters. The number of carbonyl (C=O) groups excluding carboxylic acids is 1. The number of benzene rings is 2. The topological polar surface area (TPSA) is 42.4 Å². The van der Waals surface area contributed by atoms with Gasteiger partial charge >= 0.3 is 0 Å². The van der Waals surface area contributed by atoms with E-state index in [4.69, 9.17) is 4.74 Å². The molecule has 0 spiro atoms. The molecule has 1 saturated heterocycles. The van der Waals surface area contributed by atoms with E-state index in [2.05, 4.69) is 11.1 Å². The van der Waals surface area contributed by atoms with Gasteiger partial charge in [0.2, 0.25) is 12.1 Å². The van der Waals surface area contributed by atoms with Crippen LogP contribution in [0.15, 0.2) is 67.0 Å². The number of para-hydroxylation sites is 1. The molecule has 1 aliphatic rings. The Balaban J connectivity index is 1.74. The third kappa shape index (κ3) is 2.83. The van der Waals surface area contributed by atoms with Gasteiger partial charge in [0.05, 0.1) is 0 Å². The van der Waals surface area contributed by atoms with Crippen molar-refractivity contribution < 1.29 is 9.53 Å². The van der Waals surface area contributed by atoms with Crippen molar-refractivity contribution in [2.45, 2.75) is 19.1 Å². The molecule has 1 atom stereocenters. The molecule has 4 heteroatoms. The largest absolute Gasteiger partial charge is 0.466 e. The minimum absolute atomic E-state index is 0.141. The quantitative estimate of drug-likeness (QED) is 0.732. The van der Waals surface area contributed by atoms with Crippen LogP contribution in [0, 0.1) is 0 Å². The molecule has 4 nitrogen and oxygen atoms in total. The van der Waals surface area contributed by atoms with Crippen molar-refractivity contribution in [1.82, 2.24) is 9.88 Å². The monoisotopic (exact) mass is 318 g/mol. The van der Waals surface area contributed by atoms with Crippen molar-refractivity contribution in [2.75, 3.05) is 6.54 Å². The number of nitrogens with zero attached hydrogens (tertiary/aromatic N) is 2. The van der Waals surface area contributed by atoms with Gasteiger partial charge in [-0.05, 0) is 36.1 Å². The molecule has 0 aliphatic carbocycles. The first-order valence-electron chi connectivity index (χ1n) is 8.16. The molecule has 2 heterocycles. The summed E-state index contributed by atoms with van der Waals surface area (Å²) in [6.45, 7) is 0.724. The molecule has 0 bridgehead atoms. The zero-order valence-corrected chi connectivity index (χ0v) is 13.3. The number of pyridine rings is 1. The molecule has 1 amide bonds. The molecule has 1 aliphatic heterocycles. The summed E-state index contributed by atoms with van der Waals surface area (Å²) in [5.74, 6) is 0.899. The summed E-state index contributed by atoms with van der Waals surface area (Å²) in [7, 11) is 0. The molecule has 4 rings (SSSR count). The Morgan fingerprint density at radius 1 is 1.04 bits per heavy atom. The summed E-state index contributed by atoms with van der Waals surface area (Å²) in [6, 6.07) is 17.8. The SMILES string of the molecule is O=C1CCCN1C(Oc1ccccc1)c1ccc2ccncc2c1. The van der Waals surface area contributed by atoms with E-state index in [0.29, 0.717) is 6.42 Å². The fourth-order valence-electron chi connectivity index (χ4n) is 3.11. The van der Waals surface area contributed by atoms with E-state index in [0.717, 1.165) is 35.1 Å². The smallest absolute Gasteiger partial charge is 0.225 e. The molecule has 0 N–H and O–H groups in total. The molecular weight excluding hydrogens is 300 g/mol. The van der Waals surface area contributed by atoms with E-state index in [1.165, 1.54) is 0 Å². The summed E-state index contributed by atoms with van der Waals surface area (Å²) in [6.07, 6.45) is 4.67. The van der Waals surface area contributed by atoms with Crippen LogP contribution in [-0.4, -0.2) is 22.3 Å². The number of ether oxygens (including phenoxy) is 1. The molecule has 3 aromatic rings. The Morgan fingerprint density at radius 2 is 1.92 bits per heavy atom. The number of fused-ring (bicyclic) bond motifs is 1. The number of amides is 1. The standard InChI is InChI=1S/C20H18N2O2/c23-19-7-4-12-22(19)20(24-18-5-2-1-3-6-18)16-9-8-15-10-11-21-14-17(15)13-16/h1-3,5-6,8-11,13-14,20H,4,7,12H2. The second kappa shape index (κ2) is 6.32. The van der Waals surface area contributed by atoms with E-state index in [1.807, 2.05) is 59.6 Å². The summed E-state index contributed by atoms with van der Waals surface area (Å²) < 4.78 is 6.19. The predicted octanol–water partition coefficient (Wildman–Crippen LogP) is 3.93. The van der Waals surface area contributed by atoms with Crippen molar-refractivity contribution in [3.63, 3.8) is 0 Å². The first-order chi connectivity index (χ1) is 11.8. The van der Waals surface area contributed by atoms with Crippen LogP contribution in [0.25, 0.3) is 10.8 Å². The lowest BCUT2D eigenvalue weighted by molar-refractivity contribution is -0.135. The molecule has 120 valence electrons. The molecule has 1 aromatic heterocycles. The second-order valence-electron chi connectivity index (χ2n) is 5.96. The average Bonchev–Trinajstić information content (AvgIpc) is 3.06. The van der Waals surface area contributed by atoms with Crippen LogP contribution < -0.4 is 4.74 Å². The van der Waals surface area contributed by atoms with Gasteiger partial charge in [-0.3, -0.25) is 9.78 Å². The van der Waals surface area contributed by atoms with Crippen LogP contribution >= 0.6 is 0 Å². The molecule has 2 aromatic carbocycles. The third-order valence-corrected chi connectivity index (χ3v) is 4.33. The maximum atomic E-state index is 12.3. The highest BCUT2D eigenvalue weighted by Crippen LogP contribution is 2.30. The van der Waals surface area contributed by atoms with E-state index >= 15 is 0 Å². The van der Waals surface area contributed by atoms with Crippen LogP contribution in [0.1, 0.15) is 24.6 Å². The zero-order valence-electron chi connectivity index (χ0n) is 13.3. The highest BCUT2D eigenvalue weighted by atomic mass is 16.5. The van der Waals surface area contributed by atoms with Gasteiger partial charge in [-0.1, -0.05) is 30.3 Å². The number of hydrogen-bond acceptors (Lipinski definition) is 3. The first-order valence-corrected chi connectivity index (χ1v) is 8.16. The fraction of sp³-hybridized carbons (Fsp3) is 0.200. The van der Waals surface area contributed by atoms with Crippen molar-refractivity contribution in [3.05, 3.63) is 72.6 Å². The van der Waals surface area contributed by atoms with Gasteiger partial charge < -0.3 is 9.64 Å². The average molecular weight is 318 g/mol. The highest BCUT2D eigenvalue weighted by Gasteiger charge is 2.30. The molecule has 24 heavy (non-hydrogen) atoms. The van der Waals surface area contributed by atoms with Crippen molar-refractivity contribution >= 4 is 16.7 Å². The van der Waals surface area contributed by atoms with E-state index < -0.39 is 6.23 Å². The van der Waals surface area contributed by atoms with Gasteiger partial charge in [0.1, 0.15) is 5.75 Å². The van der Waals surface area contributed by atoms with Gasteiger partial charge in [-0.2, -0.15) is 0 Å². The molecule has 0 radical (unpaired) electrons. The lowest BCUT2D eigenvalue weighted by atomic mass is 10.1. The van der Waals surface area contributed by atoms with Crippen LogP contribution in [0.5, 0.6) is 5.75 Å². The lowest BCUT2D eigenvalue weighted by Crippen LogP contribution is -2.33. The van der Waals surface area contributed by atoms with Crippen molar-refractivity contribution in [2.24, 2.45) is 0 Å². The minimum atomic E-state index is -0.410. The summed E-state index contributed by atoms with van der Waals surface area (Å²) in [4.78, 5) is 18.3. The van der Waals surface area contributed by atoms with Crippen LogP contribution in [0.3, 0.4) is 0 Å². The normalized spacial score (nSPS) is 15.7. The zero-order chi connectivity index (χ0) is 16.4. The van der Waals surface area contributed by atoms with E-state index in [-0.39, 0.29) is 5.91 Å². The molecule has 0 saturated carbocycles. The Kier molecular flexibility index (Phi) is 3.87. The van der Waals surface area contributed by atoms with Crippen LogP contribution in [-0.2, 0) is 4.79 Å². The van der Waals surface area contributed by atoms with E-state index in [1.54, 1.807) is 6.20 Å². The maximum Gasteiger partial charge on any atom is 0.225 e. The van der Waals surface area contributed by atoms with Crippen LogP contribution in [0.4, 0.5) is 0 Å².